The highest BCUT2D eigenvalue weighted by Gasteiger charge is 2.19. The fourth-order valence-corrected chi connectivity index (χ4v) is 2.56. The molecule has 1 aromatic rings. The smallest absolute Gasteiger partial charge is 0.162 e. The molecule has 0 radical (unpaired) electrons. The van der Waals surface area contributed by atoms with Crippen molar-refractivity contribution >= 4 is 11.6 Å². The second-order valence-corrected chi connectivity index (χ2v) is 4.82. The summed E-state index contributed by atoms with van der Waals surface area (Å²) in [5, 5.41) is 0.716. The van der Waals surface area contributed by atoms with Crippen molar-refractivity contribution in [2.75, 3.05) is 13.2 Å². The molecule has 0 N–H and O–H groups in total. The van der Waals surface area contributed by atoms with Gasteiger partial charge in [0.05, 0.1) is 0 Å². The van der Waals surface area contributed by atoms with Gasteiger partial charge in [-0.2, -0.15) is 0 Å². The lowest BCUT2D eigenvalue weighted by Crippen LogP contribution is -2.16. The Morgan fingerprint density at radius 1 is 1.33 bits per heavy atom. The third kappa shape index (κ3) is 2.73. The lowest BCUT2D eigenvalue weighted by molar-refractivity contribution is 0.171. The van der Waals surface area contributed by atoms with Gasteiger partial charge >= 0.3 is 0 Å². The SMILES string of the molecule is C#CCC(CCC)c1cc2c(cc1Cl)OCCO2. The molecule has 3 heteroatoms. The van der Waals surface area contributed by atoms with E-state index in [9.17, 15) is 0 Å². The molecule has 2 rings (SSSR count). The van der Waals surface area contributed by atoms with Crippen LogP contribution in [0, 0.1) is 12.3 Å². The third-order valence-electron chi connectivity index (χ3n) is 3.10. The molecule has 1 aliphatic rings. The van der Waals surface area contributed by atoms with E-state index in [2.05, 4.69) is 12.8 Å². The molecule has 1 aromatic carbocycles. The van der Waals surface area contributed by atoms with Crippen molar-refractivity contribution in [1.82, 2.24) is 0 Å². The molecular formula is C15H17ClO2. The molecule has 1 atom stereocenters. The molecule has 0 amide bonds. The van der Waals surface area contributed by atoms with Crippen molar-refractivity contribution in [1.29, 1.82) is 0 Å². The second-order valence-electron chi connectivity index (χ2n) is 4.41. The van der Waals surface area contributed by atoms with E-state index in [0.29, 0.717) is 30.6 Å². The molecule has 0 aliphatic carbocycles. The van der Waals surface area contributed by atoms with Crippen molar-refractivity contribution in [2.24, 2.45) is 0 Å². The maximum atomic E-state index is 6.32. The Kier molecular flexibility index (Phi) is 4.38. The molecule has 0 bridgehead atoms. The van der Waals surface area contributed by atoms with Crippen LogP contribution in [0.1, 0.15) is 37.7 Å². The van der Waals surface area contributed by atoms with Crippen molar-refractivity contribution in [3.05, 3.63) is 22.7 Å². The lowest BCUT2D eigenvalue weighted by Gasteiger charge is -2.22. The molecule has 96 valence electrons. The van der Waals surface area contributed by atoms with Crippen LogP contribution in [0.2, 0.25) is 5.02 Å². The van der Waals surface area contributed by atoms with E-state index < -0.39 is 0 Å². The summed E-state index contributed by atoms with van der Waals surface area (Å²) >= 11 is 6.32. The van der Waals surface area contributed by atoms with Crippen LogP contribution < -0.4 is 9.47 Å². The molecule has 0 saturated carbocycles. The molecule has 2 nitrogen and oxygen atoms in total. The number of hydrogen-bond acceptors (Lipinski definition) is 2. The van der Waals surface area contributed by atoms with E-state index in [-0.39, 0.29) is 0 Å². The fourth-order valence-electron chi connectivity index (χ4n) is 2.25. The van der Waals surface area contributed by atoms with E-state index in [0.717, 1.165) is 29.9 Å². The summed E-state index contributed by atoms with van der Waals surface area (Å²) in [6, 6.07) is 3.82. The van der Waals surface area contributed by atoms with Crippen LogP contribution in [0.5, 0.6) is 11.5 Å². The van der Waals surface area contributed by atoms with Crippen LogP contribution in [0.25, 0.3) is 0 Å². The maximum Gasteiger partial charge on any atom is 0.162 e. The first-order chi connectivity index (χ1) is 8.76. The molecule has 0 aromatic heterocycles. The molecule has 1 unspecified atom stereocenters. The van der Waals surface area contributed by atoms with Crippen molar-refractivity contribution < 1.29 is 9.47 Å². The van der Waals surface area contributed by atoms with Crippen LogP contribution >= 0.6 is 11.6 Å². The van der Waals surface area contributed by atoms with E-state index in [1.165, 1.54) is 0 Å². The summed E-state index contributed by atoms with van der Waals surface area (Å²) in [5.74, 6) is 4.53. The number of halogens is 1. The summed E-state index contributed by atoms with van der Waals surface area (Å²) < 4.78 is 11.1. The number of rotatable bonds is 4. The zero-order valence-corrected chi connectivity index (χ0v) is 11.3. The summed E-state index contributed by atoms with van der Waals surface area (Å²) in [7, 11) is 0. The Hall–Kier alpha value is -1.33. The highest BCUT2D eigenvalue weighted by atomic mass is 35.5. The molecule has 0 spiro atoms. The Labute approximate surface area is 113 Å². The van der Waals surface area contributed by atoms with Crippen LogP contribution in [0.15, 0.2) is 12.1 Å². The zero-order chi connectivity index (χ0) is 13.0. The van der Waals surface area contributed by atoms with E-state index in [1.54, 1.807) is 0 Å². The van der Waals surface area contributed by atoms with Crippen molar-refractivity contribution in [2.45, 2.75) is 32.1 Å². The first-order valence-corrected chi connectivity index (χ1v) is 6.66. The topological polar surface area (TPSA) is 18.5 Å². The maximum absolute atomic E-state index is 6.32. The Morgan fingerprint density at radius 3 is 2.61 bits per heavy atom. The summed E-state index contributed by atoms with van der Waals surface area (Å²) in [6.07, 6.45) is 8.25. The van der Waals surface area contributed by atoms with Gasteiger partial charge in [0.15, 0.2) is 11.5 Å². The van der Waals surface area contributed by atoms with Gasteiger partial charge in [-0.15, -0.1) is 12.3 Å². The zero-order valence-electron chi connectivity index (χ0n) is 10.5. The number of terminal acetylenes is 1. The molecular weight excluding hydrogens is 248 g/mol. The van der Waals surface area contributed by atoms with E-state index in [4.69, 9.17) is 27.5 Å². The summed E-state index contributed by atoms with van der Waals surface area (Å²) in [5.41, 5.74) is 1.07. The fraction of sp³-hybridized carbons (Fsp3) is 0.467. The van der Waals surface area contributed by atoms with E-state index >= 15 is 0 Å². The van der Waals surface area contributed by atoms with Gasteiger partial charge in [0.1, 0.15) is 13.2 Å². The number of hydrogen-bond donors (Lipinski definition) is 0. The molecule has 0 saturated heterocycles. The van der Waals surface area contributed by atoms with Gasteiger partial charge in [-0.1, -0.05) is 24.9 Å². The average Bonchev–Trinajstić information content (AvgIpc) is 2.38. The largest absolute Gasteiger partial charge is 0.486 e. The van der Waals surface area contributed by atoms with Crippen LogP contribution in [0.4, 0.5) is 0 Å². The monoisotopic (exact) mass is 264 g/mol. The van der Waals surface area contributed by atoms with Gasteiger partial charge in [-0.3, -0.25) is 0 Å². The van der Waals surface area contributed by atoms with Crippen LogP contribution in [0.3, 0.4) is 0 Å². The minimum atomic E-state index is 0.295. The lowest BCUT2D eigenvalue weighted by atomic mass is 9.91. The summed E-state index contributed by atoms with van der Waals surface area (Å²) in [6.45, 7) is 3.31. The average molecular weight is 265 g/mol. The number of benzene rings is 1. The predicted octanol–water partition coefficient (Wildman–Crippen LogP) is 4.02. The Bertz CT molecular complexity index is 462. The first kappa shape index (κ1) is 13.1. The number of ether oxygens (including phenoxy) is 2. The standard InChI is InChI=1S/C15H17ClO2/c1-3-5-11(6-4-2)12-9-14-15(10-13(12)16)18-8-7-17-14/h1,9-11H,4-8H2,2H3. The number of fused-ring (bicyclic) bond motifs is 1. The van der Waals surface area contributed by atoms with Crippen molar-refractivity contribution in [3.63, 3.8) is 0 Å². The van der Waals surface area contributed by atoms with Gasteiger partial charge in [0.2, 0.25) is 0 Å². The van der Waals surface area contributed by atoms with Crippen molar-refractivity contribution in [3.8, 4) is 23.8 Å². The first-order valence-electron chi connectivity index (χ1n) is 6.28. The molecule has 1 aliphatic heterocycles. The summed E-state index contributed by atoms with van der Waals surface area (Å²) in [4.78, 5) is 0. The highest BCUT2D eigenvalue weighted by Crippen LogP contribution is 2.40. The Balaban J connectivity index is 2.34. The van der Waals surface area contributed by atoms with Gasteiger partial charge in [-0.05, 0) is 24.0 Å². The van der Waals surface area contributed by atoms with Crippen LogP contribution in [-0.2, 0) is 0 Å². The van der Waals surface area contributed by atoms with Gasteiger partial charge < -0.3 is 9.47 Å². The van der Waals surface area contributed by atoms with Gasteiger partial charge in [-0.25, -0.2) is 0 Å². The van der Waals surface area contributed by atoms with E-state index in [1.807, 2.05) is 12.1 Å². The third-order valence-corrected chi connectivity index (χ3v) is 3.43. The van der Waals surface area contributed by atoms with Gasteiger partial charge in [0, 0.05) is 17.5 Å². The quantitative estimate of drug-likeness (QED) is 0.765. The van der Waals surface area contributed by atoms with Gasteiger partial charge in [0.25, 0.3) is 0 Å². The highest BCUT2D eigenvalue weighted by molar-refractivity contribution is 6.31. The molecule has 0 fully saturated rings. The van der Waals surface area contributed by atoms with Crippen LogP contribution in [-0.4, -0.2) is 13.2 Å². The predicted molar refractivity (Wildman–Crippen MR) is 73.5 cm³/mol. The molecule has 1 heterocycles. The normalized spacial score (nSPS) is 14.9. The second kappa shape index (κ2) is 6.02. The Morgan fingerprint density at radius 2 is 2.00 bits per heavy atom. The minimum absolute atomic E-state index is 0.295. The molecule has 18 heavy (non-hydrogen) atoms. The minimum Gasteiger partial charge on any atom is -0.486 e.